The van der Waals surface area contributed by atoms with Crippen molar-refractivity contribution in [1.29, 1.82) is 0 Å². The maximum absolute atomic E-state index is 13.0. The predicted octanol–water partition coefficient (Wildman–Crippen LogP) is 2.16. The van der Waals surface area contributed by atoms with Gasteiger partial charge in [-0.3, -0.25) is 4.79 Å². The van der Waals surface area contributed by atoms with E-state index in [4.69, 9.17) is 4.42 Å². The van der Waals surface area contributed by atoms with Crippen molar-refractivity contribution in [3.05, 3.63) is 46.5 Å². The Balaban J connectivity index is 1.54. The number of imidazole rings is 1. The van der Waals surface area contributed by atoms with Gasteiger partial charge in [0.1, 0.15) is 17.6 Å². The van der Waals surface area contributed by atoms with Crippen LogP contribution in [0.5, 0.6) is 0 Å². The van der Waals surface area contributed by atoms with Gasteiger partial charge in [0, 0.05) is 50.0 Å². The second-order valence-corrected chi connectivity index (χ2v) is 7.19. The molecule has 1 aliphatic rings. The number of piperazine rings is 1. The molecule has 3 aromatic rings. The van der Waals surface area contributed by atoms with Crippen LogP contribution < -0.4 is 5.32 Å². The molecule has 4 rings (SSSR count). The van der Waals surface area contributed by atoms with Crippen molar-refractivity contribution < 1.29 is 9.21 Å². The summed E-state index contributed by atoms with van der Waals surface area (Å²) < 4.78 is 7.73. The zero-order valence-corrected chi connectivity index (χ0v) is 15.6. The average molecular weight is 371 g/mol. The summed E-state index contributed by atoms with van der Waals surface area (Å²) in [5.41, 5.74) is 1.65. The van der Waals surface area contributed by atoms with Crippen LogP contribution in [-0.4, -0.2) is 45.0 Å². The standard InChI is InChI=1S/C18H21N5O2S/c1-12-14(21-18(25-12)13-3-8-26-11-13)9-16(24)23-7-4-19-10-15(23)17-20-5-6-22(17)2/h3,5-6,8,11,15,19H,4,7,9-10H2,1-2H3. The largest absolute Gasteiger partial charge is 0.441 e. The Labute approximate surface area is 155 Å². The summed E-state index contributed by atoms with van der Waals surface area (Å²) in [5, 5.41) is 7.33. The first-order valence-electron chi connectivity index (χ1n) is 8.60. The second-order valence-electron chi connectivity index (χ2n) is 6.41. The number of amides is 1. The predicted molar refractivity (Wildman–Crippen MR) is 98.8 cm³/mol. The van der Waals surface area contributed by atoms with Gasteiger partial charge in [0.2, 0.25) is 11.8 Å². The maximum Gasteiger partial charge on any atom is 0.229 e. The molecule has 7 nitrogen and oxygen atoms in total. The molecule has 1 N–H and O–H groups in total. The van der Waals surface area contributed by atoms with Crippen LogP contribution in [0.25, 0.3) is 11.5 Å². The van der Waals surface area contributed by atoms with E-state index in [0.717, 1.165) is 17.9 Å². The van der Waals surface area contributed by atoms with E-state index in [-0.39, 0.29) is 18.4 Å². The van der Waals surface area contributed by atoms with Gasteiger partial charge in [-0.05, 0) is 18.4 Å². The van der Waals surface area contributed by atoms with Crippen LogP contribution in [0.2, 0.25) is 0 Å². The summed E-state index contributed by atoms with van der Waals surface area (Å²) >= 11 is 1.59. The Hall–Kier alpha value is -2.45. The fourth-order valence-electron chi connectivity index (χ4n) is 3.28. The molecule has 0 spiro atoms. The molecule has 1 saturated heterocycles. The summed E-state index contributed by atoms with van der Waals surface area (Å²) in [5.74, 6) is 2.21. The van der Waals surface area contributed by atoms with Crippen LogP contribution in [0.4, 0.5) is 0 Å². The molecule has 1 aliphatic heterocycles. The summed E-state index contributed by atoms with van der Waals surface area (Å²) in [6, 6.07) is 1.90. The third-order valence-corrected chi connectivity index (χ3v) is 5.38. The molecule has 0 aromatic carbocycles. The Morgan fingerprint density at radius 1 is 1.50 bits per heavy atom. The van der Waals surface area contributed by atoms with Gasteiger partial charge in [-0.15, -0.1) is 0 Å². The highest BCUT2D eigenvalue weighted by atomic mass is 32.1. The Morgan fingerprint density at radius 3 is 3.12 bits per heavy atom. The van der Waals surface area contributed by atoms with Crippen molar-refractivity contribution in [3.8, 4) is 11.5 Å². The number of thiophene rings is 1. The lowest BCUT2D eigenvalue weighted by Crippen LogP contribution is -2.50. The molecule has 1 amide bonds. The van der Waals surface area contributed by atoms with Gasteiger partial charge >= 0.3 is 0 Å². The van der Waals surface area contributed by atoms with E-state index in [2.05, 4.69) is 15.3 Å². The van der Waals surface area contributed by atoms with Crippen molar-refractivity contribution in [2.24, 2.45) is 7.05 Å². The van der Waals surface area contributed by atoms with Gasteiger partial charge in [0.05, 0.1) is 12.1 Å². The molecule has 0 aliphatic carbocycles. The van der Waals surface area contributed by atoms with Gasteiger partial charge in [-0.25, -0.2) is 9.97 Å². The Kier molecular flexibility index (Phi) is 4.60. The first kappa shape index (κ1) is 17.0. The van der Waals surface area contributed by atoms with Gasteiger partial charge in [-0.1, -0.05) is 0 Å². The number of aryl methyl sites for hydroxylation is 2. The quantitative estimate of drug-likeness (QED) is 0.761. The minimum Gasteiger partial charge on any atom is -0.441 e. The van der Waals surface area contributed by atoms with Gasteiger partial charge in [0.15, 0.2) is 0 Å². The molecular weight excluding hydrogens is 350 g/mol. The molecule has 1 fully saturated rings. The summed E-state index contributed by atoms with van der Waals surface area (Å²) in [6.45, 7) is 4.00. The molecule has 0 bridgehead atoms. The fourth-order valence-corrected chi connectivity index (χ4v) is 3.91. The average Bonchev–Trinajstić information content (AvgIpc) is 3.37. The summed E-state index contributed by atoms with van der Waals surface area (Å²) in [6.07, 6.45) is 3.91. The van der Waals surface area contributed by atoms with Crippen LogP contribution in [0.1, 0.15) is 23.3 Å². The molecule has 1 unspecified atom stereocenters. The number of oxazole rings is 1. The first-order chi connectivity index (χ1) is 12.6. The van der Waals surface area contributed by atoms with Crippen molar-refractivity contribution in [2.45, 2.75) is 19.4 Å². The third-order valence-electron chi connectivity index (χ3n) is 4.70. The van der Waals surface area contributed by atoms with Crippen LogP contribution >= 0.6 is 11.3 Å². The topological polar surface area (TPSA) is 76.2 Å². The van der Waals surface area contributed by atoms with Crippen LogP contribution in [0, 0.1) is 6.92 Å². The molecule has 8 heteroatoms. The summed E-state index contributed by atoms with van der Waals surface area (Å²) in [7, 11) is 1.95. The van der Waals surface area contributed by atoms with Gasteiger partial charge in [-0.2, -0.15) is 11.3 Å². The third kappa shape index (κ3) is 3.17. The van der Waals surface area contributed by atoms with Crippen molar-refractivity contribution >= 4 is 17.2 Å². The minimum absolute atomic E-state index is 0.0489. The molecule has 136 valence electrons. The fraction of sp³-hybridized carbons (Fsp3) is 0.389. The highest BCUT2D eigenvalue weighted by Gasteiger charge is 2.31. The maximum atomic E-state index is 13.0. The second kappa shape index (κ2) is 7.05. The lowest BCUT2D eigenvalue weighted by molar-refractivity contribution is -0.134. The number of rotatable bonds is 4. The smallest absolute Gasteiger partial charge is 0.229 e. The Morgan fingerprint density at radius 2 is 2.38 bits per heavy atom. The molecule has 26 heavy (non-hydrogen) atoms. The minimum atomic E-state index is -0.0696. The highest BCUT2D eigenvalue weighted by molar-refractivity contribution is 7.08. The van der Waals surface area contributed by atoms with E-state index >= 15 is 0 Å². The van der Waals surface area contributed by atoms with Crippen LogP contribution in [0.3, 0.4) is 0 Å². The van der Waals surface area contributed by atoms with E-state index in [1.165, 1.54) is 0 Å². The molecule has 1 atom stereocenters. The number of nitrogens with one attached hydrogen (secondary N) is 1. The van der Waals surface area contributed by atoms with E-state index in [9.17, 15) is 4.79 Å². The zero-order valence-electron chi connectivity index (χ0n) is 14.8. The number of aromatic nitrogens is 3. The van der Waals surface area contributed by atoms with E-state index in [0.29, 0.717) is 30.4 Å². The normalized spacial score (nSPS) is 17.6. The number of carbonyl (C=O) groups is 1. The van der Waals surface area contributed by atoms with Gasteiger partial charge < -0.3 is 19.2 Å². The molecule has 0 radical (unpaired) electrons. The van der Waals surface area contributed by atoms with Crippen molar-refractivity contribution in [3.63, 3.8) is 0 Å². The van der Waals surface area contributed by atoms with Gasteiger partial charge in [0.25, 0.3) is 0 Å². The Bertz CT molecular complexity index is 899. The van der Waals surface area contributed by atoms with E-state index < -0.39 is 0 Å². The zero-order chi connectivity index (χ0) is 18.1. The monoisotopic (exact) mass is 371 g/mol. The highest BCUT2D eigenvalue weighted by Crippen LogP contribution is 2.26. The molecular formula is C18H21N5O2S. The van der Waals surface area contributed by atoms with E-state index in [1.54, 1.807) is 17.5 Å². The number of hydrogen-bond acceptors (Lipinski definition) is 6. The molecule has 4 heterocycles. The lowest BCUT2D eigenvalue weighted by Gasteiger charge is -2.35. The van der Waals surface area contributed by atoms with E-state index in [1.807, 2.05) is 46.5 Å². The SMILES string of the molecule is Cc1oc(-c2ccsc2)nc1CC(=O)N1CCNCC1c1nccn1C. The molecule has 0 saturated carbocycles. The number of carbonyl (C=O) groups excluding carboxylic acids is 1. The van der Waals surface area contributed by atoms with Crippen LogP contribution in [-0.2, 0) is 18.3 Å². The first-order valence-corrected chi connectivity index (χ1v) is 9.54. The van der Waals surface area contributed by atoms with Crippen LogP contribution in [0.15, 0.2) is 33.6 Å². The molecule has 3 aromatic heterocycles. The van der Waals surface area contributed by atoms with Crippen molar-refractivity contribution in [1.82, 2.24) is 24.8 Å². The number of hydrogen-bond donors (Lipinski definition) is 1. The van der Waals surface area contributed by atoms with Crippen molar-refractivity contribution in [2.75, 3.05) is 19.6 Å². The summed E-state index contributed by atoms with van der Waals surface area (Å²) in [4.78, 5) is 23.9. The number of nitrogens with zero attached hydrogens (tertiary/aromatic N) is 4. The lowest BCUT2D eigenvalue weighted by atomic mass is 10.1.